The third-order valence-electron chi connectivity index (χ3n) is 2.27. The van der Waals surface area contributed by atoms with Crippen LogP contribution in [-0.2, 0) is 6.18 Å². The fraction of sp³-hybridized carbons (Fsp3) is 0.100. The van der Waals surface area contributed by atoms with Gasteiger partial charge in [-0.2, -0.15) is 23.4 Å². The number of benzene rings is 1. The summed E-state index contributed by atoms with van der Waals surface area (Å²) in [4.78, 5) is 0. The Kier molecular flexibility index (Phi) is 3.30. The van der Waals surface area contributed by atoms with Gasteiger partial charge in [0.05, 0.1) is 11.3 Å². The van der Waals surface area contributed by atoms with Crippen LogP contribution in [0.25, 0.3) is 0 Å². The molecule has 2 aromatic rings. The van der Waals surface area contributed by atoms with E-state index in [1.54, 1.807) is 0 Å². The van der Waals surface area contributed by atoms with Crippen LogP contribution >= 0.6 is 0 Å². The molecule has 106 valence electrons. The number of hydrogen-bond donors (Lipinski definition) is 3. The molecule has 0 bridgehead atoms. The maximum atomic E-state index is 13.1. The molecule has 6 nitrogen and oxygen atoms in total. The highest BCUT2D eigenvalue weighted by atomic mass is 19.4. The van der Waals surface area contributed by atoms with E-state index >= 15 is 0 Å². The van der Waals surface area contributed by atoms with Crippen LogP contribution < -0.4 is 11.5 Å². The molecule has 0 fully saturated rings. The lowest BCUT2D eigenvalue weighted by molar-refractivity contribution is -0.137. The van der Waals surface area contributed by atoms with E-state index in [-0.39, 0.29) is 23.0 Å². The minimum absolute atomic E-state index is 0.00121. The number of anilines is 2. The quantitative estimate of drug-likeness (QED) is 0.583. The van der Waals surface area contributed by atoms with Gasteiger partial charge in [0.25, 0.3) is 0 Å². The van der Waals surface area contributed by atoms with Gasteiger partial charge in [-0.05, 0) is 12.1 Å². The van der Waals surface area contributed by atoms with E-state index in [9.17, 15) is 17.6 Å². The molecule has 0 aliphatic heterocycles. The van der Waals surface area contributed by atoms with E-state index in [1.807, 2.05) is 0 Å². The molecule has 0 aliphatic rings. The first-order chi connectivity index (χ1) is 9.27. The van der Waals surface area contributed by atoms with Crippen LogP contribution in [0.1, 0.15) is 5.56 Å². The molecular formula is C10H8F4N6. The number of nitrogens with zero attached hydrogens (tertiary/aromatic N) is 3. The lowest BCUT2D eigenvalue weighted by atomic mass is 10.2. The second kappa shape index (κ2) is 4.79. The Balaban J connectivity index is 2.37. The summed E-state index contributed by atoms with van der Waals surface area (Å²) in [5.74, 6) is -1.15. The highest BCUT2D eigenvalue weighted by Gasteiger charge is 2.31. The molecule has 5 N–H and O–H groups in total. The zero-order valence-electron chi connectivity index (χ0n) is 9.74. The predicted molar refractivity (Wildman–Crippen MR) is 63.0 cm³/mol. The summed E-state index contributed by atoms with van der Waals surface area (Å²) in [6, 6.07) is 1.81. The maximum absolute atomic E-state index is 13.1. The summed E-state index contributed by atoms with van der Waals surface area (Å²) in [6.07, 6.45) is -4.68. The molecule has 0 saturated carbocycles. The zero-order chi connectivity index (χ0) is 14.9. The number of alkyl halides is 3. The van der Waals surface area contributed by atoms with Crippen molar-refractivity contribution in [3.05, 3.63) is 29.6 Å². The molecular weight excluding hydrogens is 280 g/mol. The van der Waals surface area contributed by atoms with Crippen molar-refractivity contribution >= 4 is 23.0 Å². The van der Waals surface area contributed by atoms with Crippen molar-refractivity contribution in [2.75, 3.05) is 11.5 Å². The smallest absolute Gasteiger partial charge is 0.382 e. The second-order valence-electron chi connectivity index (χ2n) is 3.77. The van der Waals surface area contributed by atoms with Crippen molar-refractivity contribution < 1.29 is 17.6 Å². The first-order valence-electron chi connectivity index (χ1n) is 5.16. The van der Waals surface area contributed by atoms with Gasteiger partial charge in [-0.1, -0.05) is 0 Å². The number of H-pyrrole nitrogens is 1. The van der Waals surface area contributed by atoms with E-state index in [1.165, 1.54) is 0 Å². The third kappa shape index (κ3) is 2.84. The Morgan fingerprint density at radius 1 is 1.10 bits per heavy atom. The van der Waals surface area contributed by atoms with Crippen molar-refractivity contribution in [2.24, 2.45) is 10.2 Å². The fourth-order valence-electron chi connectivity index (χ4n) is 1.37. The Hall–Kier alpha value is -2.65. The molecule has 0 saturated heterocycles. The first kappa shape index (κ1) is 13.8. The van der Waals surface area contributed by atoms with Gasteiger partial charge >= 0.3 is 6.18 Å². The van der Waals surface area contributed by atoms with E-state index in [0.717, 1.165) is 6.07 Å². The molecule has 1 heterocycles. The molecule has 20 heavy (non-hydrogen) atoms. The van der Waals surface area contributed by atoms with Crippen LogP contribution in [-0.4, -0.2) is 10.2 Å². The maximum Gasteiger partial charge on any atom is 0.416 e. The lowest BCUT2D eigenvalue weighted by Crippen LogP contribution is -2.04. The standard InChI is InChI=1S/C10H8F4N6/c11-5-1-4(10(12,13)14)2-6(3-5)17-18-7-8(15)19-20-9(7)16/h1-3H,(H5,15,16,19,20). The summed E-state index contributed by atoms with van der Waals surface area (Å²) < 4.78 is 50.6. The summed E-state index contributed by atoms with van der Waals surface area (Å²) >= 11 is 0. The number of halogens is 4. The van der Waals surface area contributed by atoms with Crippen molar-refractivity contribution in [3.8, 4) is 0 Å². The van der Waals surface area contributed by atoms with Crippen LogP contribution in [0.4, 0.5) is 40.6 Å². The molecule has 10 heteroatoms. The number of aromatic nitrogens is 2. The van der Waals surface area contributed by atoms with Crippen LogP contribution in [0.2, 0.25) is 0 Å². The van der Waals surface area contributed by atoms with Gasteiger partial charge in [-0.25, -0.2) is 4.39 Å². The summed E-state index contributed by atoms with van der Waals surface area (Å²) in [6.45, 7) is 0. The zero-order valence-corrected chi connectivity index (χ0v) is 9.74. The summed E-state index contributed by atoms with van der Waals surface area (Å²) in [5.41, 5.74) is 9.32. The second-order valence-corrected chi connectivity index (χ2v) is 3.77. The van der Waals surface area contributed by atoms with Gasteiger partial charge in [0.15, 0.2) is 11.5 Å². The van der Waals surface area contributed by atoms with E-state index < -0.39 is 17.6 Å². The Morgan fingerprint density at radius 2 is 1.80 bits per heavy atom. The van der Waals surface area contributed by atoms with Crippen LogP contribution in [0.15, 0.2) is 28.4 Å². The molecule has 0 radical (unpaired) electrons. The fourth-order valence-corrected chi connectivity index (χ4v) is 1.37. The van der Waals surface area contributed by atoms with Gasteiger partial charge < -0.3 is 11.5 Å². The summed E-state index contributed by atoms with van der Waals surface area (Å²) in [5, 5.41) is 12.9. The largest absolute Gasteiger partial charge is 0.416 e. The van der Waals surface area contributed by atoms with Crippen LogP contribution in [0.3, 0.4) is 0 Å². The molecule has 1 aromatic carbocycles. The number of rotatable bonds is 2. The molecule has 0 atom stereocenters. The van der Waals surface area contributed by atoms with Gasteiger partial charge in [0.2, 0.25) is 0 Å². The van der Waals surface area contributed by atoms with E-state index in [4.69, 9.17) is 11.5 Å². The predicted octanol–water partition coefficient (Wildman–Crippen LogP) is 3.15. The van der Waals surface area contributed by atoms with Gasteiger partial charge in [0.1, 0.15) is 11.6 Å². The highest BCUT2D eigenvalue weighted by molar-refractivity contribution is 5.70. The molecule has 2 rings (SSSR count). The number of nitrogen functional groups attached to an aromatic ring is 2. The van der Waals surface area contributed by atoms with Gasteiger partial charge in [-0.3, -0.25) is 5.10 Å². The molecule has 0 unspecified atom stereocenters. The van der Waals surface area contributed by atoms with Gasteiger partial charge in [0, 0.05) is 6.07 Å². The highest BCUT2D eigenvalue weighted by Crippen LogP contribution is 2.33. The Morgan fingerprint density at radius 3 is 2.35 bits per heavy atom. The lowest BCUT2D eigenvalue weighted by Gasteiger charge is -2.06. The number of nitrogens with one attached hydrogen (secondary N) is 1. The van der Waals surface area contributed by atoms with E-state index in [0.29, 0.717) is 12.1 Å². The van der Waals surface area contributed by atoms with E-state index in [2.05, 4.69) is 20.4 Å². The number of nitrogens with two attached hydrogens (primary N) is 2. The van der Waals surface area contributed by atoms with Crippen LogP contribution in [0.5, 0.6) is 0 Å². The average molecular weight is 288 g/mol. The average Bonchev–Trinajstić information content (AvgIpc) is 2.65. The van der Waals surface area contributed by atoms with Crippen molar-refractivity contribution in [1.29, 1.82) is 0 Å². The van der Waals surface area contributed by atoms with Gasteiger partial charge in [-0.15, -0.1) is 5.11 Å². The number of aromatic amines is 1. The Bertz CT molecular complexity index is 641. The first-order valence-corrected chi connectivity index (χ1v) is 5.16. The molecule has 0 amide bonds. The number of hydrogen-bond acceptors (Lipinski definition) is 5. The molecule has 1 aromatic heterocycles. The SMILES string of the molecule is Nc1n[nH]c(N)c1N=Nc1cc(F)cc(C(F)(F)F)c1. The monoisotopic (exact) mass is 288 g/mol. The minimum atomic E-state index is -4.68. The minimum Gasteiger partial charge on any atom is -0.382 e. The van der Waals surface area contributed by atoms with Crippen LogP contribution in [0, 0.1) is 5.82 Å². The van der Waals surface area contributed by atoms with Crippen molar-refractivity contribution in [2.45, 2.75) is 6.18 Å². The topological polar surface area (TPSA) is 105 Å². The number of azo groups is 1. The van der Waals surface area contributed by atoms with Crippen molar-refractivity contribution in [1.82, 2.24) is 10.2 Å². The third-order valence-corrected chi connectivity index (χ3v) is 2.27. The molecule has 0 aliphatic carbocycles. The molecule has 0 spiro atoms. The van der Waals surface area contributed by atoms with Crippen molar-refractivity contribution in [3.63, 3.8) is 0 Å². The summed E-state index contributed by atoms with van der Waals surface area (Å²) in [7, 11) is 0. The Labute approximate surface area is 109 Å². The normalized spacial score (nSPS) is 12.2.